The van der Waals surface area contributed by atoms with Gasteiger partial charge in [0.25, 0.3) is 0 Å². The first kappa shape index (κ1) is 26.7. The molecule has 0 aliphatic rings. The number of rotatable bonds is 12. The van der Waals surface area contributed by atoms with E-state index in [1.165, 1.54) is 4.31 Å². The summed E-state index contributed by atoms with van der Waals surface area (Å²) in [6.45, 7) is 6.41. The average Bonchev–Trinajstić information content (AvgIpc) is 3.31. The number of furan rings is 1. The molecule has 0 saturated carbocycles. The highest BCUT2D eigenvalue weighted by atomic mass is 32.2. The Morgan fingerprint density at radius 3 is 2.26 bits per heavy atom. The lowest BCUT2D eigenvalue weighted by Gasteiger charge is -2.28. The summed E-state index contributed by atoms with van der Waals surface area (Å²) in [5.41, 5.74) is 3.28. The van der Waals surface area contributed by atoms with Gasteiger partial charge in [-0.2, -0.15) is 4.31 Å². The van der Waals surface area contributed by atoms with Gasteiger partial charge in [-0.15, -0.1) is 0 Å². The zero-order chi connectivity index (χ0) is 25.4. The molecule has 1 amide bonds. The minimum Gasteiger partial charge on any atom is -0.467 e. The van der Waals surface area contributed by atoms with Crippen LogP contribution in [0.4, 0.5) is 0 Å². The van der Waals surface area contributed by atoms with Crippen molar-refractivity contribution in [3.05, 3.63) is 88.9 Å². The normalized spacial score (nSPS) is 11.7. The van der Waals surface area contributed by atoms with Crippen molar-refractivity contribution in [2.75, 3.05) is 26.8 Å². The van der Waals surface area contributed by atoms with Crippen LogP contribution in [0.25, 0.3) is 0 Å². The number of benzene rings is 2. The summed E-state index contributed by atoms with van der Waals surface area (Å²) in [6, 6.07) is 16.9. The van der Waals surface area contributed by atoms with E-state index in [1.807, 2.05) is 49.4 Å². The number of amides is 1. The summed E-state index contributed by atoms with van der Waals surface area (Å²) in [5, 5.41) is 0. The molecule has 0 spiro atoms. The van der Waals surface area contributed by atoms with Gasteiger partial charge >= 0.3 is 0 Å². The maximum Gasteiger partial charge on any atom is 0.244 e. The second-order valence-corrected chi connectivity index (χ2v) is 10.6. The van der Waals surface area contributed by atoms with Crippen LogP contribution in [0.5, 0.6) is 0 Å². The predicted octanol–water partition coefficient (Wildman–Crippen LogP) is 4.46. The van der Waals surface area contributed by atoms with Gasteiger partial charge in [-0.1, -0.05) is 48.0 Å². The molecule has 0 unspecified atom stereocenters. The number of carbonyl (C=O) groups excluding carboxylic acids is 1. The molecule has 0 fully saturated rings. The third-order valence-corrected chi connectivity index (χ3v) is 7.92. The Kier molecular flexibility index (Phi) is 9.26. The molecule has 0 saturated heterocycles. The fourth-order valence-corrected chi connectivity index (χ4v) is 6.09. The van der Waals surface area contributed by atoms with Crippen molar-refractivity contribution in [2.24, 2.45) is 0 Å². The first-order chi connectivity index (χ1) is 16.7. The number of aryl methyl sites for hydroxylation is 3. The number of sulfonamides is 1. The number of nitrogens with zero attached hydrogens (tertiary/aromatic N) is 2. The highest BCUT2D eigenvalue weighted by molar-refractivity contribution is 7.89. The van der Waals surface area contributed by atoms with Crippen molar-refractivity contribution in [2.45, 2.75) is 45.2 Å². The standard InChI is InChI=1S/C27H34N2O5S/c1-21-16-22(2)27(23(3)17-21)35(31,32)29(13-9-14-33-4)20-26(30)28(19-25-12-8-15-34-25)18-24-10-6-5-7-11-24/h5-8,10-12,15-17H,9,13-14,18-20H2,1-4H3. The van der Waals surface area contributed by atoms with Gasteiger partial charge < -0.3 is 14.1 Å². The number of carbonyl (C=O) groups is 1. The lowest BCUT2D eigenvalue weighted by Crippen LogP contribution is -2.43. The van der Waals surface area contributed by atoms with Gasteiger partial charge in [-0.05, 0) is 56.0 Å². The zero-order valence-electron chi connectivity index (χ0n) is 20.9. The van der Waals surface area contributed by atoms with Crippen molar-refractivity contribution in [1.29, 1.82) is 0 Å². The Morgan fingerprint density at radius 1 is 0.971 bits per heavy atom. The molecule has 0 aliphatic carbocycles. The van der Waals surface area contributed by atoms with Gasteiger partial charge in [-0.3, -0.25) is 4.79 Å². The Labute approximate surface area is 208 Å². The quantitative estimate of drug-likeness (QED) is 0.345. The van der Waals surface area contributed by atoms with E-state index in [9.17, 15) is 13.2 Å². The molecule has 188 valence electrons. The molecular formula is C27H34N2O5S. The van der Waals surface area contributed by atoms with Gasteiger partial charge in [0, 0.05) is 26.8 Å². The smallest absolute Gasteiger partial charge is 0.244 e. The van der Waals surface area contributed by atoms with E-state index in [0.717, 1.165) is 11.1 Å². The lowest BCUT2D eigenvalue weighted by atomic mass is 10.1. The molecule has 2 aromatic carbocycles. The third-order valence-electron chi connectivity index (χ3n) is 5.77. The second-order valence-electron chi connectivity index (χ2n) is 8.73. The van der Waals surface area contributed by atoms with Crippen LogP contribution in [-0.4, -0.2) is 50.3 Å². The molecule has 3 rings (SSSR count). The maximum absolute atomic E-state index is 13.8. The Hall–Kier alpha value is -2.94. The van der Waals surface area contributed by atoms with E-state index in [1.54, 1.807) is 44.3 Å². The summed E-state index contributed by atoms with van der Waals surface area (Å²) in [7, 11) is -2.34. The molecule has 0 bridgehead atoms. The molecule has 1 heterocycles. The average molecular weight is 499 g/mol. The molecule has 0 radical (unpaired) electrons. The molecule has 3 aromatic rings. The minimum atomic E-state index is -3.92. The van der Waals surface area contributed by atoms with E-state index in [4.69, 9.17) is 9.15 Å². The first-order valence-electron chi connectivity index (χ1n) is 11.6. The van der Waals surface area contributed by atoms with Gasteiger partial charge in [0.2, 0.25) is 15.9 Å². The van der Waals surface area contributed by atoms with Crippen LogP contribution in [0, 0.1) is 20.8 Å². The Morgan fingerprint density at radius 2 is 1.66 bits per heavy atom. The molecule has 0 aliphatic heterocycles. The molecule has 35 heavy (non-hydrogen) atoms. The largest absolute Gasteiger partial charge is 0.467 e. The topological polar surface area (TPSA) is 80.1 Å². The summed E-state index contributed by atoms with van der Waals surface area (Å²) in [5.74, 6) is 0.335. The monoisotopic (exact) mass is 498 g/mol. The summed E-state index contributed by atoms with van der Waals surface area (Å²) >= 11 is 0. The van der Waals surface area contributed by atoms with Gasteiger partial charge in [0.05, 0.1) is 24.2 Å². The first-order valence-corrected chi connectivity index (χ1v) is 13.1. The molecule has 1 aromatic heterocycles. The SMILES string of the molecule is COCCCN(CC(=O)N(Cc1ccccc1)Cc1ccco1)S(=O)(=O)c1c(C)cc(C)cc1C. The van der Waals surface area contributed by atoms with E-state index >= 15 is 0 Å². The van der Waals surface area contributed by atoms with Crippen LogP contribution in [0.1, 0.15) is 34.4 Å². The number of hydrogen-bond acceptors (Lipinski definition) is 5. The van der Waals surface area contributed by atoms with Crippen molar-refractivity contribution in [1.82, 2.24) is 9.21 Å². The molecule has 0 N–H and O–H groups in total. The van der Waals surface area contributed by atoms with Crippen LogP contribution in [0.2, 0.25) is 0 Å². The van der Waals surface area contributed by atoms with Crippen LogP contribution < -0.4 is 0 Å². The van der Waals surface area contributed by atoms with Crippen LogP contribution in [0.3, 0.4) is 0 Å². The van der Waals surface area contributed by atoms with Crippen molar-refractivity contribution in [3.63, 3.8) is 0 Å². The zero-order valence-corrected chi connectivity index (χ0v) is 21.7. The summed E-state index contributed by atoms with van der Waals surface area (Å²) in [6.07, 6.45) is 2.04. The molecule has 8 heteroatoms. The summed E-state index contributed by atoms with van der Waals surface area (Å²) in [4.78, 5) is 15.5. The van der Waals surface area contributed by atoms with Crippen molar-refractivity contribution in [3.8, 4) is 0 Å². The van der Waals surface area contributed by atoms with Gasteiger partial charge in [0.15, 0.2) is 0 Å². The predicted molar refractivity (Wildman–Crippen MR) is 135 cm³/mol. The van der Waals surface area contributed by atoms with Crippen LogP contribution in [0.15, 0.2) is 70.2 Å². The number of ether oxygens (including phenoxy) is 1. The van der Waals surface area contributed by atoms with Gasteiger partial charge in [-0.25, -0.2) is 8.42 Å². The molecular weight excluding hydrogens is 464 g/mol. The fourth-order valence-electron chi connectivity index (χ4n) is 4.25. The van der Waals surface area contributed by atoms with E-state index in [0.29, 0.717) is 36.5 Å². The van der Waals surface area contributed by atoms with E-state index in [-0.39, 0.29) is 30.4 Å². The van der Waals surface area contributed by atoms with Crippen molar-refractivity contribution < 1.29 is 22.4 Å². The van der Waals surface area contributed by atoms with E-state index < -0.39 is 10.0 Å². The number of methoxy groups -OCH3 is 1. The Bertz CT molecular complexity index is 1180. The summed E-state index contributed by atoms with van der Waals surface area (Å²) < 4.78 is 39.5. The maximum atomic E-state index is 13.8. The second kappa shape index (κ2) is 12.2. The fraction of sp³-hybridized carbons (Fsp3) is 0.370. The number of hydrogen-bond donors (Lipinski definition) is 0. The molecule has 7 nitrogen and oxygen atoms in total. The van der Waals surface area contributed by atoms with Crippen LogP contribution >= 0.6 is 0 Å². The third kappa shape index (κ3) is 7.04. The van der Waals surface area contributed by atoms with Crippen molar-refractivity contribution >= 4 is 15.9 Å². The highest BCUT2D eigenvalue weighted by Gasteiger charge is 2.31. The Balaban J connectivity index is 1.91. The minimum absolute atomic E-state index is 0.175. The van der Waals surface area contributed by atoms with E-state index in [2.05, 4.69) is 0 Å². The lowest BCUT2D eigenvalue weighted by molar-refractivity contribution is -0.133. The van der Waals surface area contributed by atoms with Gasteiger partial charge in [0.1, 0.15) is 5.76 Å². The molecule has 0 atom stereocenters. The van der Waals surface area contributed by atoms with Crippen LogP contribution in [-0.2, 0) is 32.6 Å². The highest BCUT2D eigenvalue weighted by Crippen LogP contribution is 2.26.